The SMILES string of the molecule is Cn1c(-c2ccccc2)ccc1-c1nc(-c2ccc(-c3nc(-c4ccc(-c5ccccc5)n4C)c(-c4ccccc4)o3)cc2)oc1-c1ccccc1. The molecule has 0 saturated heterocycles. The third-order valence-electron chi connectivity index (χ3n) is 9.57. The minimum atomic E-state index is 0.540. The van der Waals surface area contributed by atoms with Gasteiger partial charge in [0.25, 0.3) is 0 Å². The van der Waals surface area contributed by atoms with E-state index in [0.717, 1.165) is 79.1 Å². The molecule has 0 N–H and O–H groups in total. The quantitative estimate of drug-likeness (QED) is 0.161. The maximum absolute atomic E-state index is 6.58. The van der Waals surface area contributed by atoms with Crippen LogP contribution in [-0.4, -0.2) is 19.1 Å². The standard InChI is InChI=1S/C46H34N4O2/c1-49-37(31-15-7-3-8-16-31)27-29-39(49)41-43(33-19-11-5-12-20-33)51-45(47-41)35-23-25-36(26-24-35)46-48-42(44(52-46)34-21-13-6-14-22-34)40-30-28-38(50(40)2)32-17-9-4-10-18-32/h3-30H,1-2H3. The topological polar surface area (TPSA) is 61.9 Å². The molecular weight excluding hydrogens is 641 g/mol. The van der Waals surface area contributed by atoms with E-state index in [1.807, 2.05) is 72.8 Å². The fourth-order valence-corrected chi connectivity index (χ4v) is 6.86. The summed E-state index contributed by atoms with van der Waals surface area (Å²) in [5.74, 6) is 2.53. The monoisotopic (exact) mass is 674 g/mol. The Balaban J connectivity index is 1.10. The van der Waals surface area contributed by atoms with Gasteiger partial charge in [-0.2, -0.15) is 0 Å². The molecule has 0 aliphatic carbocycles. The van der Waals surface area contributed by atoms with E-state index in [9.17, 15) is 0 Å². The molecule has 6 heteroatoms. The Bertz CT molecular complexity index is 2430. The number of nitrogens with zero attached hydrogens (tertiary/aromatic N) is 4. The molecule has 4 heterocycles. The molecule has 6 nitrogen and oxygen atoms in total. The Morgan fingerprint density at radius 1 is 0.327 bits per heavy atom. The molecule has 9 aromatic rings. The Morgan fingerprint density at radius 3 is 0.981 bits per heavy atom. The van der Waals surface area contributed by atoms with Gasteiger partial charge in [-0.05, 0) is 59.7 Å². The summed E-state index contributed by atoms with van der Waals surface area (Å²) in [6, 6.07) is 57.6. The molecule has 0 bridgehead atoms. The molecule has 0 saturated carbocycles. The molecule has 0 amide bonds. The molecule has 0 atom stereocenters. The second kappa shape index (κ2) is 13.1. The van der Waals surface area contributed by atoms with Crippen molar-refractivity contribution in [1.29, 1.82) is 0 Å². The highest BCUT2D eigenvalue weighted by Gasteiger charge is 2.23. The lowest BCUT2D eigenvalue weighted by Gasteiger charge is -2.07. The zero-order chi connectivity index (χ0) is 35.0. The van der Waals surface area contributed by atoms with Crippen molar-refractivity contribution in [3.8, 4) is 90.8 Å². The molecule has 0 aliphatic rings. The molecular formula is C46H34N4O2. The number of rotatable bonds is 8. The van der Waals surface area contributed by atoms with E-state index in [1.54, 1.807) is 0 Å². The molecule has 250 valence electrons. The van der Waals surface area contributed by atoms with Gasteiger partial charge in [-0.1, -0.05) is 121 Å². The summed E-state index contributed by atoms with van der Waals surface area (Å²) in [6.45, 7) is 0. The molecule has 0 unspecified atom stereocenters. The van der Waals surface area contributed by atoms with Crippen LogP contribution in [0.1, 0.15) is 0 Å². The van der Waals surface area contributed by atoms with Crippen LogP contribution in [0.3, 0.4) is 0 Å². The van der Waals surface area contributed by atoms with Crippen molar-refractivity contribution in [2.24, 2.45) is 14.1 Å². The predicted octanol–water partition coefficient (Wildman–Crippen LogP) is 11.7. The van der Waals surface area contributed by atoms with Crippen molar-refractivity contribution in [3.05, 3.63) is 170 Å². The molecule has 4 aromatic heterocycles. The summed E-state index contributed by atoms with van der Waals surface area (Å²) < 4.78 is 17.5. The lowest BCUT2D eigenvalue weighted by atomic mass is 10.1. The van der Waals surface area contributed by atoms with Crippen LogP contribution in [0, 0.1) is 0 Å². The Kier molecular flexibility index (Phi) is 7.82. The van der Waals surface area contributed by atoms with E-state index in [4.69, 9.17) is 18.8 Å². The van der Waals surface area contributed by atoms with Gasteiger partial charge in [0.15, 0.2) is 11.5 Å². The fraction of sp³-hybridized carbons (Fsp3) is 0.0435. The van der Waals surface area contributed by atoms with Gasteiger partial charge in [0, 0.05) is 47.7 Å². The van der Waals surface area contributed by atoms with Crippen molar-refractivity contribution in [1.82, 2.24) is 19.1 Å². The van der Waals surface area contributed by atoms with Crippen LogP contribution in [0.25, 0.3) is 90.8 Å². The first-order valence-corrected chi connectivity index (χ1v) is 17.3. The van der Waals surface area contributed by atoms with Crippen LogP contribution in [0.15, 0.2) is 179 Å². The predicted molar refractivity (Wildman–Crippen MR) is 208 cm³/mol. The van der Waals surface area contributed by atoms with Gasteiger partial charge in [-0.25, -0.2) is 9.97 Å². The minimum Gasteiger partial charge on any atom is -0.435 e. The van der Waals surface area contributed by atoms with E-state index in [0.29, 0.717) is 11.8 Å². The third kappa shape index (κ3) is 5.56. The molecule has 5 aromatic carbocycles. The molecule has 9 rings (SSSR count). The second-order valence-corrected chi connectivity index (χ2v) is 12.8. The number of hydrogen-bond donors (Lipinski definition) is 0. The third-order valence-corrected chi connectivity index (χ3v) is 9.57. The summed E-state index contributed by atoms with van der Waals surface area (Å²) in [5.41, 5.74) is 11.7. The maximum Gasteiger partial charge on any atom is 0.227 e. The van der Waals surface area contributed by atoms with E-state index in [2.05, 4.69) is 120 Å². The molecule has 52 heavy (non-hydrogen) atoms. The lowest BCUT2D eigenvalue weighted by molar-refractivity contribution is 0.587. The van der Waals surface area contributed by atoms with E-state index < -0.39 is 0 Å². The van der Waals surface area contributed by atoms with Gasteiger partial charge in [0.1, 0.15) is 11.4 Å². The Labute approximate surface area is 301 Å². The summed E-state index contributed by atoms with van der Waals surface area (Å²) in [5, 5.41) is 0. The average molecular weight is 675 g/mol. The van der Waals surface area contributed by atoms with Gasteiger partial charge >= 0.3 is 0 Å². The number of aromatic nitrogens is 4. The maximum atomic E-state index is 6.58. The summed E-state index contributed by atoms with van der Waals surface area (Å²) in [4.78, 5) is 10.2. The summed E-state index contributed by atoms with van der Waals surface area (Å²) in [7, 11) is 4.14. The Hall–Kier alpha value is -6.92. The van der Waals surface area contributed by atoms with Crippen LogP contribution in [0.2, 0.25) is 0 Å². The van der Waals surface area contributed by atoms with Crippen molar-refractivity contribution in [3.63, 3.8) is 0 Å². The van der Waals surface area contributed by atoms with Crippen LogP contribution in [0.4, 0.5) is 0 Å². The smallest absolute Gasteiger partial charge is 0.227 e. The fourth-order valence-electron chi connectivity index (χ4n) is 6.86. The van der Waals surface area contributed by atoms with Gasteiger partial charge in [-0.3, -0.25) is 0 Å². The van der Waals surface area contributed by atoms with Crippen LogP contribution in [0.5, 0.6) is 0 Å². The van der Waals surface area contributed by atoms with Gasteiger partial charge in [0.2, 0.25) is 11.8 Å². The van der Waals surface area contributed by atoms with Crippen LogP contribution >= 0.6 is 0 Å². The van der Waals surface area contributed by atoms with Gasteiger partial charge < -0.3 is 18.0 Å². The second-order valence-electron chi connectivity index (χ2n) is 12.8. The van der Waals surface area contributed by atoms with E-state index in [-0.39, 0.29) is 0 Å². The molecule has 0 radical (unpaired) electrons. The van der Waals surface area contributed by atoms with Gasteiger partial charge in [0.05, 0.1) is 11.4 Å². The first-order valence-electron chi connectivity index (χ1n) is 17.3. The van der Waals surface area contributed by atoms with Crippen molar-refractivity contribution in [2.75, 3.05) is 0 Å². The zero-order valence-corrected chi connectivity index (χ0v) is 28.8. The largest absolute Gasteiger partial charge is 0.435 e. The number of benzene rings is 5. The van der Waals surface area contributed by atoms with Crippen LogP contribution < -0.4 is 0 Å². The lowest BCUT2D eigenvalue weighted by Crippen LogP contribution is -1.96. The normalized spacial score (nSPS) is 11.3. The highest BCUT2D eigenvalue weighted by atomic mass is 16.4. The van der Waals surface area contributed by atoms with Crippen molar-refractivity contribution >= 4 is 0 Å². The molecule has 0 spiro atoms. The minimum absolute atomic E-state index is 0.540. The molecule has 0 aliphatic heterocycles. The van der Waals surface area contributed by atoms with Crippen molar-refractivity contribution in [2.45, 2.75) is 0 Å². The number of hydrogen-bond acceptors (Lipinski definition) is 4. The first kappa shape index (κ1) is 31.1. The number of oxazole rings is 2. The van der Waals surface area contributed by atoms with Crippen LogP contribution in [-0.2, 0) is 14.1 Å². The average Bonchev–Trinajstić information content (AvgIpc) is 4.01. The van der Waals surface area contributed by atoms with E-state index >= 15 is 0 Å². The first-order chi connectivity index (χ1) is 25.6. The summed E-state index contributed by atoms with van der Waals surface area (Å²) >= 11 is 0. The van der Waals surface area contributed by atoms with E-state index in [1.165, 1.54) is 0 Å². The van der Waals surface area contributed by atoms with Crippen molar-refractivity contribution < 1.29 is 8.83 Å². The molecule has 0 fully saturated rings. The zero-order valence-electron chi connectivity index (χ0n) is 28.8. The highest BCUT2D eigenvalue weighted by molar-refractivity contribution is 5.82. The summed E-state index contributed by atoms with van der Waals surface area (Å²) in [6.07, 6.45) is 0. The Morgan fingerprint density at radius 2 is 0.635 bits per heavy atom. The van der Waals surface area contributed by atoms with Gasteiger partial charge in [-0.15, -0.1) is 0 Å². The highest BCUT2D eigenvalue weighted by Crippen LogP contribution is 2.40.